The first-order valence-electron chi connectivity index (χ1n) is 8.18. The summed E-state index contributed by atoms with van der Waals surface area (Å²) in [6, 6.07) is 6.95. The van der Waals surface area contributed by atoms with Crippen LogP contribution in [-0.2, 0) is 19.0 Å². The van der Waals surface area contributed by atoms with Crippen molar-refractivity contribution in [1.29, 1.82) is 0 Å². The van der Waals surface area contributed by atoms with Gasteiger partial charge in [0.05, 0.1) is 0 Å². The number of amides is 2. The minimum absolute atomic E-state index is 0.138. The summed E-state index contributed by atoms with van der Waals surface area (Å²) in [6.07, 6.45) is -2.92. The third-order valence-electron chi connectivity index (χ3n) is 4.33. The van der Waals surface area contributed by atoms with E-state index in [1.165, 1.54) is 6.07 Å². The van der Waals surface area contributed by atoms with Crippen LogP contribution in [0.1, 0.15) is 33.6 Å². The topological polar surface area (TPSA) is 91.3 Å². The minimum Gasteiger partial charge on any atom is -0.465 e. The lowest BCUT2D eigenvalue weighted by molar-refractivity contribution is -0.141. The van der Waals surface area contributed by atoms with Crippen molar-refractivity contribution in [2.24, 2.45) is 0 Å². The van der Waals surface area contributed by atoms with Gasteiger partial charge in [0, 0.05) is 23.5 Å². The van der Waals surface area contributed by atoms with Crippen molar-refractivity contribution in [2.75, 3.05) is 5.32 Å². The van der Waals surface area contributed by atoms with E-state index >= 15 is 0 Å². The number of fused-ring (bicyclic) bond motifs is 1. The molecule has 1 atom stereocenters. The minimum atomic E-state index is -4.62. The molecule has 27 heavy (non-hydrogen) atoms. The molecule has 9 heteroatoms. The van der Waals surface area contributed by atoms with E-state index in [-0.39, 0.29) is 11.6 Å². The Labute approximate surface area is 152 Å². The van der Waals surface area contributed by atoms with Gasteiger partial charge in [0.2, 0.25) is 0 Å². The van der Waals surface area contributed by atoms with Crippen molar-refractivity contribution in [3.8, 4) is 0 Å². The molecule has 0 spiro atoms. The fourth-order valence-electron chi connectivity index (χ4n) is 3.06. The summed E-state index contributed by atoms with van der Waals surface area (Å²) in [5.74, 6) is -0.663. The predicted molar refractivity (Wildman–Crippen MR) is 90.6 cm³/mol. The molecule has 6 nitrogen and oxygen atoms in total. The Bertz CT molecular complexity index is 884. The Morgan fingerprint density at radius 3 is 2.63 bits per heavy atom. The summed E-state index contributed by atoms with van der Waals surface area (Å²) in [6.45, 7) is 0. The fraction of sp³-hybridized carbons (Fsp3) is 0.278. The number of aryl methyl sites for hydroxylation is 1. The SMILES string of the molecule is O=C(O)NC1CCc2cc(NC(=O)c3ccnc(C(F)(F)F)c3)ccc2C1. The van der Waals surface area contributed by atoms with Gasteiger partial charge in [-0.25, -0.2) is 4.79 Å². The van der Waals surface area contributed by atoms with Gasteiger partial charge in [-0.15, -0.1) is 0 Å². The number of carboxylic acid groups (broad SMARTS) is 1. The Morgan fingerprint density at radius 2 is 1.93 bits per heavy atom. The number of nitrogens with zero attached hydrogens (tertiary/aromatic N) is 1. The fourth-order valence-corrected chi connectivity index (χ4v) is 3.06. The Kier molecular flexibility index (Phi) is 5.02. The molecule has 0 saturated carbocycles. The van der Waals surface area contributed by atoms with Gasteiger partial charge in [0.15, 0.2) is 0 Å². The number of hydrogen-bond donors (Lipinski definition) is 3. The molecule has 0 saturated heterocycles. The zero-order valence-corrected chi connectivity index (χ0v) is 14.0. The molecule has 1 aromatic heterocycles. The van der Waals surface area contributed by atoms with Crippen LogP contribution in [0.5, 0.6) is 0 Å². The predicted octanol–water partition coefficient (Wildman–Crippen LogP) is 3.48. The molecule has 3 rings (SSSR count). The molecule has 1 aliphatic rings. The first kappa shape index (κ1) is 18.7. The van der Waals surface area contributed by atoms with Crippen molar-refractivity contribution >= 4 is 17.7 Å². The molecule has 2 amide bonds. The van der Waals surface area contributed by atoms with Gasteiger partial charge in [0.1, 0.15) is 5.69 Å². The van der Waals surface area contributed by atoms with Crippen LogP contribution in [-0.4, -0.2) is 28.1 Å². The highest BCUT2D eigenvalue weighted by Gasteiger charge is 2.33. The molecular weight excluding hydrogens is 363 g/mol. The molecule has 0 bridgehead atoms. The molecule has 1 heterocycles. The maximum atomic E-state index is 12.7. The van der Waals surface area contributed by atoms with Gasteiger partial charge in [0.25, 0.3) is 5.91 Å². The highest BCUT2D eigenvalue weighted by molar-refractivity contribution is 6.04. The smallest absolute Gasteiger partial charge is 0.433 e. The molecule has 0 fully saturated rings. The number of anilines is 1. The second-order valence-electron chi connectivity index (χ2n) is 6.25. The molecular formula is C18H16F3N3O3. The number of hydrogen-bond acceptors (Lipinski definition) is 3. The lowest BCUT2D eigenvalue weighted by Gasteiger charge is -2.25. The lowest BCUT2D eigenvalue weighted by Crippen LogP contribution is -2.37. The molecule has 1 aromatic carbocycles. The zero-order chi connectivity index (χ0) is 19.6. The van der Waals surface area contributed by atoms with Crippen LogP contribution in [0.3, 0.4) is 0 Å². The lowest BCUT2D eigenvalue weighted by atomic mass is 9.88. The van der Waals surface area contributed by atoms with E-state index < -0.39 is 23.9 Å². The number of pyridine rings is 1. The van der Waals surface area contributed by atoms with Gasteiger partial charge in [-0.3, -0.25) is 9.78 Å². The van der Waals surface area contributed by atoms with Crippen LogP contribution in [0.4, 0.5) is 23.7 Å². The van der Waals surface area contributed by atoms with Crippen LogP contribution in [0.2, 0.25) is 0 Å². The van der Waals surface area contributed by atoms with E-state index in [0.29, 0.717) is 31.0 Å². The number of carbonyl (C=O) groups is 2. The highest BCUT2D eigenvalue weighted by atomic mass is 19.4. The number of carbonyl (C=O) groups excluding carboxylic acids is 1. The number of aromatic nitrogens is 1. The monoisotopic (exact) mass is 379 g/mol. The van der Waals surface area contributed by atoms with Crippen molar-refractivity contribution in [2.45, 2.75) is 31.5 Å². The van der Waals surface area contributed by atoms with Gasteiger partial charge < -0.3 is 15.7 Å². The maximum absolute atomic E-state index is 12.7. The van der Waals surface area contributed by atoms with Crippen LogP contribution in [0, 0.1) is 0 Å². The van der Waals surface area contributed by atoms with Crippen LogP contribution >= 0.6 is 0 Å². The molecule has 0 radical (unpaired) electrons. The number of nitrogens with one attached hydrogen (secondary N) is 2. The van der Waals surface area contributed by atoms with Crippen LogP contribution < -0.4 is 10.6 Å². The molecule has 142 valence electrons. The van der Waals surface area contributed by atoms with E-state index in [2.05, 4.69) is 15.6 Å². The number of halogens is 3. The summed E-state index contributed by atoms with van der Waals surface area (Å²) in [4.78, 5) is 26.2. The van der Waals surface area contributed by atoms with Crippen LogP contribution in [0.15, 0.2) is 36.5 Å². The van der Waals surface area contributed by atoms with E-state index in [9.17, 15) is 22.8 Å². The standard InChI is InChI=1S/C18H16F3N3O3/c19-18(20,21)15-9-12(5-6-22-15)16(25)23-13-3-1-11-8-14(24-17(26)27)4-2-10(11)7-13/h1,3,5-7,9,14,24H,2,4,8H2,(H,23,25)(H,26,27). The van der Waals surface area contributed by atoms with Gasteiger partial charge in [-0.2, -0.15) is 13.2 Å². The second kappa shape index (κ2) is 7.26. The van der Waals surface area contributed by atoms with Crippen molar-refractivity contribution in [3.63, 3.8) is 0 Å². The van der Waals surface area contributed by atoms with Gasteiger partial charge >= 0.3 is 12.3 Å². The highest BCUT2D eigenvalue weighted by Crippen LogP contribution is 2.28. The van der Waals surface area contributed by atoms with E-state index in [1.54, 1.807) is 18.2 Å². The summed E-state index contributed by atoms with van der Waals surface area (Å²) >= 11 is 0. The van der Waals surface area contributed by atoms with Crippen molar-refractivity contribution in [1.82, 2.24) is 10.3 Å². The quantitative estimate of drug-likeness (QED) is 0.762. The van der Waals surface area contributed by atoms with Crippen LogP contribution in [0.25, 0.3) is 0 Å². The van der Waals surface area contributed by atoms with E-state index in [0.717, 1.165) is 17.3 Å². The Balaban J connectivity index is 1.72. The largest absolute Gasteiger partial charge is 0.465 e. The summed E-state index contributed by atoms with van der Waals surface area (Å²) in [7, 11) is 0. The first-order chi connectivity index (χ1) is 12.7. The van der Waals surface area contributed by atoms with Crippen molar-refractivity contribution < 1.29 is 27.9 Å². The molecule has 2 aromatic rings. The van der Waals surface area contributed by atoms with Gasteiger partial charge in [-0.1, -0.05) is 6.07 Å². The Hall–Kier alpha value is -3.10. The molecule has 3 N–H and O–H groups in total. The number of alkyl halides is 3. The normalized spacial score (nSPS) is 16.3. The Morgan fingerprint density at radius 1 is 1.15 bits per heavy atom. The maximum Gasteiger partial charge on any atom is 0.433 e. The summed E-state index contributed by atoms with van der Waals surface area (Å²) in [5.41, 5.74) is 1.15. The molecule has 0 aliphatic heterocycles. The summed E-state index contributed by atoms with van der Waals surface area (Å²) in [5, 5.41) is 13.8. The summed E-state index contributed by atoms with van der Waals surface area (Å²) < 4.78 is 38.2. The van der Waals surface area contributed by atoms with E-state index in [1.807, 2.05) is 0 Å². The third kappa shape index (κ3) is 4.55. The van der Waals surface area contributed by atoms with Crippen molar-refractivity contribution in [3.05, 3.63) is 58.9 Å². The zero-order valence-electron chi connectivity index (χ0n) is 14.0. The average molecular weight is 379 g/mol. The molecule has 1 unspecified atom stereocenters. The molecule has 1 aliphatic carbocycles. The van der Waals surface area contributed by atoms with Gasteiger partial charge in [-0.05, 0) is 54.7 Å². The van der Waals surface area contributed by atoms with E-state index in [4.69, 9.17) is 5.11 Å². The number of benzene rings is 1. The first-order valence-corrected chi connectivity index (χ1v) is 8.18. The number of rotatable bonds is 3. The average Bonchev–Trinajstić information content (AvgIpc) is 2.60. The second-order valence-corrected chi connectivity index (χ2v) is 6.25. The third-order valence-corrected chi connectivity index (χ3v) is 4.33.